The highest BCUT2D eigenvalue weighted by atomic mass is 19.4. The van der Waals surface area contributed by atoms with Gasteiger partial charge in [0.1, 0.15) is 6.54 Å². The van der Waals surface area contributed by atoms with Crippen molar-refractivity contribution < 1.29 is 22.7 Å². The highest BCUT2D eigenvalue weighted by molar-refractivity contribution is 5.86. The lowest BCUT2D eigenvalue weighted by Crippen LogP contribution is -2.46. The standard InChI is InChI=1S/C15H29F3N4O2/c1-6-24-12(11(2)3)7-8-20-14(19-4)21-9-13(23)22(5)10-15(16,17)18/h11-12H,6-10H2,1-5H3,(H2,19,20,21). The average Bonchev–Trinajstić information content (AvgIpc) is 2.47. The summed E-state index contributed by atoms with van der Waals surface area (Å²) in [5, 5.41) is 5.73. The molecule has 0 aromatic rings. The largest absolute Gasteiger partial charge is 0.406 e. The number of aliphatic imine (C=N–C) groups is 1. The molecule has 0 rings (SSSR count). The molecule has 0 saturated carbocycles. The number of alkyl halides is 3. The van der Waals surface area contributed by atoms with Crippen LogP contribution >= 0.6 is 0 Å². The summed E-state index contributed by atoms with van der Waals surface area (Å²) >= 11 is 0. The van der Waals surface area contributed by atoms with Crippen LogP contribution < -0.4 is 10.6 Å². The van der Waals surface area contributed by atoms with Crippen LogP contribution in [0.1, 0.15) is 27.2 Å². The van der Waals surface area contributed by atoms with Crippen molar-refractivity contribution in [3.8, 4) is 0 Å². The van der Waals surface area contributed by atoms with E-state index in [0.717, 1.165) is 13.5 Å². The molecule has 9 heteroatoms. The van der Waals surface area contributed by atoms with Gasteiger partial charge in [-0.3, -0.25) is 9.79 Å². The van der Waals surface area contributed by atoms with Crippen molar-refractivity contribution in [2.45, 2.75) is 39.5 Å². The average molecular weight is 354 g/mol. The second-order valence-corrected chi connectivity index (χ2v) is 5.74. The Labute approximate surface area is 141 Å². The van der Waals surface area contributed by atoms with Crippen LogP contribution in [0.3, 0.4) is 0 Å². The first-order valence-corrected chi connectivity index (χ1v) is 7.97. The van der Waals surface area contributed by atoms with Gasteiger partial charge in [0.2, 0.25) is 5.91 Å². The van der Waals surface area contributed by atoms with Gasteiger partial charge in [0, 0.05) is 27.2 Å². The quantitative estimate of drug-likeness (QED) is 0.488. The highest BCUT2D eigenvalue weighted by Gasteiger charge is 2.31. The van der Waals surface area contributed by atoms with E-state index in [1.165, 1.54) is 7.05 Å². The third kappa shape index (κ3) is 10.3. The lowest BCUT2D eigenvalue weighted by molar-refractivity contribution is -0.157. The zero-order valence-electron chi connectivity index (χ0n) is 15.0. The van der Waals surface area contributed by atoms with Crippen molar-refractivity contribution in [3.05, 3.63) is 0 Å². The maximum absolute atomic E-state index is 12.2. The Morgan fingerprint density at radius 2 is 1.92 bits per heavy atom. The van der Waals surface area contributed by atoms with Gasteiger partial charge in [-0.05, 0) is 19.3 Å². The number of carbonyl (C=O) groups excluding carboxylic acids is 1. The first-order chi connectivity index (χ1) is 11.1. The number of likely N-dealkylation sites (N-methyl/N-ethyl adjacent to an activating group) is 1. The topological polar surface area (TPSA) is 66.0 Å². The number of amides is 1. The van der Waals surface area contributed by atoms with Crippen molar-refractivity contribution in [1.82, 2.24) is 15.5 Å². The lowest BCUT2D eigenvalue weighted by Gasteiger charge is -2.22. The second kappa shape index (κ2) is 11.1. The van der Waals surface area contributed by atoms with Gasteiger partial charge in [-0.25, -0.2) is 0 Å². The summed E-state index contributed by atoms with van der Waals surface area (Å²) in [6, 6.07) is 0. The van der Waals surface area contributed by atoms with Crippen LogP contribution in [0.25, 0.3) is 0 Å². The van der Waals surface area contributed by atoms with E-state index in [0.29, 0.717) is 29.9 Å². The third-order valence-corrected chi connectivity index (χ3v) is 3.32. The summed E-state index contributed by atoms with van der Waals surface area (Å²) in [6.07, 6.45) is -3.54. The van der Waals surface area contributed by atoms with Gasteiger partial charge in [0.05, 0.1) is 12.6 Å². The van der Waals surface area contributed by atoms with Crippen LogP contribution in [0.15, 0.2) is 4.99 Å². The van der Waals surface area contributed by atoms with E-state index in [2.05, 4.69) is 29.5 Å². The lowest BCUT2D eigenvalue weighted by atomic mass is 10.0. The van der Waals surface area contributed by atoms with Crippen molar-refractivity contribution in [1.29, 1.82) is 0 Å². The smallest absolute Gasteiger partial charge is 0.378 e. The molecule has 6 nitrogen and oxygen atoms in total. The Morgan fingerprint density at radius 3 is 2.38 bits per heavy atom. The first-order valence-electron chi connectivity index (χ1n) is 7.97. The molecule has 24 heavy (non-hydrogen) atoms. The molecule has 0 bridgehead atoms. The van der Waals surface area contributed by atoms with Crippen LogP contribution in [0.2, 0.25) is 0 Å². The Hall–Kier alpha value is -1.51. The van der Waals surface area contributed by atoms with Gasteiger partial charge in [-0.15, -0.1) is 0 Å². The van der Waals surface area contributed by atoms with Gasteiger partial charge in [-0.2, -0.15) is 13.2 Å². The van der Waals surface area contributed by atoms with Crippen LogP contribution in [-0.2, 0) is 9.53 Å². The molecule has 0 aliphatic rings. The molecule has 1 atom stereocenters. The first kappa shape index (κ1) is 22.5. The number of nitrogens with one attached hydrogen (secondary N) is 2. The highest BCUT2D eigenvalue weighted by Crippen LogP contribution is 2.15. The third-order valence-electron chi connectivity index (χ3n) is 3.32. The molecular weight excluding hydrogens is 325 g/mol. The van der Waals surface area contributed by atoms with Crippen LogP contribution in [0.5, 0.6) is 0 Å². The molecule has 0 saturated heterocycles. The van der Waals surface area contributed by atoms with Gasteiger partial charge in [0.25, 0.3) is 0 Å². The number of nitrogens with zero attached hydrogens (tertiary/aromatic N) is 2. The Kier molecular flexibility index (Phi) is 10.4. The summed E-state index contributed by atoms with van der Waals surface area (Å²) in [7, 11) is 2.64. The molecule has 0 heterocycles. The number of hydrogen-bond acceptors (Lipinski definition) is 3. The minimum absolute atomic E-state index is 0.111. The summed E-state index contributed by atoms with van der Waals surface area (Å²) < 4.78 is 42.3. The summed E-state index contributed by atoms with van der Waals surface area (Å²) in [5.41, 5.74) is 0. The number of carbonyl (C=O) groups is 1. The van der Waals surface area contributed by atoms with Crippen molar-refractivity contribution in [3.63, 3.8) is 0 Å². The maximum Gasteiger partial charge on any atom is 0.406 e. The fraction of sp³-hybridized carbons (Fsp3) is 0.867. The second-order valence-electron chi connectivity index (χ2n) is 5.74. The predicted molar refractivity (Wildman–Crippen MR) is 87.9 cm³/mol. The van der Waals surface area contributed by atoms with E-state index >= 15 is 0 Å². The number of rotatable bonds is 9. The Morgan fingerprint density at radius 1 is 1.29 bits per heavy atom. The molecule has 1 amide bonds. The normalized spacial score (nSPS) is 13.8. The minimum Gasteiger partial charge on any atom is -0.378 e. The molecule has 142 valence electrons. The number of hydrogen-bond donors (Lipinski definition) is 2. The molecule has 0 fully saturated rings. The van der Waals surface area contributed by atoms with Crippen molar-refractivity contribution in [2.75, 3.05) is 40.3 Å². The van der Waals surface area contributed by atoms with Gasteiger partial charge >= 0.3 is 6.18 Å². The molecule has 0 aliphatic carbocycles. The molecule has 0 spiro atoms. The monoisotopic (exact) mass is 354 g/mol. The van der Waals surface area contributed by atoms with E-state index in [1.807, 2.05) is 6.92 Å². The number of halogens is 3. The SMILES string of the molecule is CCOC(CCNC(=NC)NCC(=O)N(C)CC(F)(F)F)C(C)C. The van der Waals surface area contributed by atoms with Crippen LogP contribution in [0, 0.1) is 5.92 Å². The van der Waals surface area contributed by atoms with Gasteiger partial charge in [-0.1, -0.05) is 13.8 Å². The predicted octanol–water partition coefficient (Wildman–Crippen LogP) is 1.62. The molecular formula is C15H29F3N4O2. The minimum atomic E-state index is -4.41. The van der Waals surface area contributed by atoms with E-state index in [-0.39, 0.29) is 12.6 Å². The summed E-state index contributed by atoms with van der Waals surface area (Å²) in [4.78, 5) is 16.2. The maximum atomic E-state index is 12.2. The zero-order valence-corrected chi connectivity index (χ0v) is 15.0. The molecule has 1 unspecified atom stereocenters. The van der Waals surface area contributed by atoms with Crippen molar-refractivity contribution in [2.24, 2.45) is 10.9 Å². The van der Waals surface area contributed by atoms with Gasteiger partial charge in [0.15, 0.2) is 5.96 Å². The Bertz CT molecular complexity index is 401. The number of guanidine groups is 1. The summed E-state index contributed by atoms with van der Waals surface area (Å²) in [6.45, 7) is 5.76. The van der Waals surface area contributed by atoms with Gasteiger partial charge < -0.3 is 20.3 Å². The molecule has 0 aliphatic heterocycles. The molecule has 2 N–H and O–H groups in total. The molecule has 0 aromatic carbocycles. The number of ether oxygens (including phenoxy) is 1. The summed E-state index contributed by atoms with van der Waals surface area (Å²) in [5.74, 6) is 0.0757. The van der Waals surface area contributed by atoms with Crippen LogP contribution in [0.4, 0.5) is 13.2 Å². The fourth-order valence-electron chi connectivity index (χ4n) is 2.03. The molecule has 0 radical (unpaired) electrons. The van der Waals surface area contributed by atoms with Crippen LogP contribution in [-0.4, -0.2) is 69.4 Å². The van der Waals surface area contributed by atoms with Crippen molar-refractivity contribution >= 4 is 11.9 Å². The van der Waals surface area contributed by atoms with E-state index in [1.54, 1.807) is 0 Å². The Balaban J connectivity index is 4.22. The zero-order chi connectivity index (χ0) is 18.8. The van der Waals surface area contributed by atoms with E-state index in [4.69, 9.17) is 4.74 Å². The molecule has 0 aromatic heterocycles. The van der Waals surface area contributed by atoms with E-state index < -0.39 is 18.6 Å². The van der Waals surface area contributed by atoms with E-state index in [9.17, 15) is 18.0 Å². The fourth-order valence-corrected chi connectivity index (χ4v) is 2.03.